The van der Waals surface area contributed by atoms with E-state index < -0.39 is 4.92 Å². The van der Waals surface area contributed by atoms with E-state index in [-0.39, 0.29) is 5.69 Å². The zero-order chi connectivity index (χ0) is 17.1. The van der Waals surface area contributed by atoms with Gasteiger partial charge in [-0.15, -0.1) is 11.3 Å². The Morgan fingerprint density at radius 3 is 2.58 bits per heavy atom. The smallest absolute Gasteiger partial charge is 0.270 e. The second kappa shape index (κ2) is 7.18. The molecule has 3 rings (SSSR count). The molecule has 2 aromatic rings. The zero-order valence-electron chi connectivity index (χ0n) is 12.8. The fraction of sp³-hybridized carbons (Fsp3) is 0.312. The number of hydrogen-bond donors (Lipinski definition) is 0. The Bertz CT molecular complexity index is 794. The number of nitriles is 1. The van der Waals surface area contributed by atoms with E-state index in [1.165, 1.54) is 17.0 Å². The van der Waals surface area contributed by atoms with Gasteiger partial charge in [-0.05, 0) is 18.2 Å². The number of non-ortho nitro benzene ring substituents is 1. The van der Waals surface area contributed by atoms with Crippen molar-refractivity contribution in [2.75, 3.05) is 31.1 Å². The van der Waals surface area contributed by atoms with E-state index >= 15 is 0 Å². The second-order valence-electron chi connectivity index (χ2n) is 5.54. The van der Waals surface area contributed by atoms with Crippen molar-refractivity contribution in [3.05, 3.63) is 55.2 Å². The summed E-state index contributed by atoms with van der Waals surface area (Å²) in [6.45, 7) is 4.18. The fourth-order valence-corrected chi connectivity index (χ4v) is 3.94. The van der Waals surface area contributed by atoms with Gasteiger partial charge in [0.05, 0.1) is 20.5 Å². The van der Waals surface area contributed by atoms with Crippen LogP contribution in [0.3, 0.4) is 0 Å². The van der Waals surface area contributed by atoms with Crippen molar-refractivity contribution in [3.63, 3.8) is 0 Å². The molecule has 1 aromatic heterocycles. The molecular weight excluding hydrogens is 348 g/mol. The van der Waals surface area contributed by atoms with Gasteiger partial charge < -0.3 is 4.90 Å². The van der Waals surface area contributed by atoms with Crippen LogP contribution >= 0.6 is 22.9 Å². The van der Waals surface area contributed by atoms with E-state index in [0.717, 1.165) is 42.7 Å². The predicted octanol–water partition coefficient (Wildman–Crippen LogP) is 3.50. The van der Waals surface area contributed by atoms with Crippen LogP contribution < -0.4 is 4.90 Å². The fourth-order valence-electron chi connectivity index (χ4n) is 2.81. The Balaban J connectivity index is 1.66. The minimum Gasteiger partial charge on any atom is -0.368 e. The Hall–Kier alpha value is -2.14. The van der Waals surface area contributed by atoms with E-state index in [2.05, 4.69) is 15.9 Å². The van der Waals surface area contributed by atoms with Crippen LogP contribution in [0.2, 0.25) is 4.34 Å². The van der Waals surface area contributed by atoms with Gasteiger partial charge in [-0.1, -0.05) is 11.6 Å². The standard InChI is InChI=1S/C16H15ClN4O2S/c17-16-4-2-14(24-16)11-19-5-7-20(8-6-19)15-3-1-13(21(22)23)9-12(15)10-18/h1-4,9H,5-8,11H2. The van der Waals surface area contributed by atoms with Crippen molar-refractivity contribution < 1.29 is 4.92 Å². The highest BCUT2D eigenvalue weighted by molar-refractivity contribution is 7.16. The summed E-state index contributed by atoms with van der Waals surface area (Å²) >= 11 is 7.56. The molecule has 24 heavy (non-hydrogen) atoms. The molecular formula is C16H15ClN4O2S. The van der Waals surface area contributed by atoms with Gasteiger partial charge >= 0.3 is 0 Å². The summed E-state index contributed by atoms with van der Waals surface area (Å²) in [5.41, 5.74) is 1.06. The molecule has 0 amide bonds. The minimum atomic E-state index is -0.477. The van der Waals surface area contributed by atoms with Crippen molar-refractivity contribution in [1.82, 2.24) is 4.90 Å². The van der Waals surface area contributed by atoms with E-state index in [4.69, 9.17) is 11.6 Å². The lowest BCUT2D eigenvalue weighted by Gasteiger charge is -2.36. The van der Waals surface area contributed by atoms with Crippen molar-refractivity contribution >= 4 is 34.3 Å². The predicted molar refractivity (Wildman–Crippen MR) is 94.6 cm³/mol. The Labute approximate surface area is 148 Å². The van der Waals surface area contributed by atoms with E-state index in [1.807, 2.05) is 12.1 Å². The molecule has 1 aromatic carbocycles. The molecule has 8 heteroatoms. The van der Waals surface area contributed by atoms with Gasteiger partial charge in [0.2, 0.25) is 0 Å². The molecule has 0 bridgehead atoms. The van der Waals surface area contributed by atoms with Crippen molar-refractivity contribution in [2.24, 2.45) is 0 Å². The lowest BCUT2D eigenvalue weighted by Crippen LogP contribution is -2.46. The van der Waals surface area contributed by atoms with Gasteiger partial charge in [-0.25, -0.2) is 0 Å². The number of nitrogens with zero attached hydrogens (tertiary/aromatic N) is 4. The average Bonchev–Trinajstić information content (AvgIpc) is 3.00. The van der Waals surface area contributed by atoms with E-state index in [1.54, 1.807) is 17.4 Å². The van der Waals surface area contributed by atoms with Crippen LogP contribution in [0.4, 0.5) is 11.4 Å². The second-order valence-corrected chi connectivity index (χ2v) is 7.34. The lowest BCUT2D eigenvalue weighted by molar-refractivity contribution is -0.384. The molecule has 0 radical (unpaired) electrons. The molecule has 2 heterocycles. The summed E-state index contributed by atoms with van der Waals surface area (Å²) in [5, 5.41) is 20.1. The first-order valence-corrected chi connectivity index (χ1v) is 8.66. The number of hydrogen-bond acceptors (Lipinski definition) is 6. The van der Waals surface area contributed by atoms with Crippen molar-refractivity contribution in [3.8, 4) is 6.07 Å². The first kappa shape index (κ1) is 16.7. The summed E-state index contributed by atoms with van der Waals surface area (Å²) in [6, 6.07) is 10.5. The molecule has 0 aliphatic carbocycles. The number of thiophene rings is 1. The maximum atomic E-state index is 10.8. The van der Waals surface area contributed by atoms with Gasteiger partial charge in [0, 0.05) is 49.7 Å². The largest absolute Gasteiger partial charge is 0.368 e. The lowest BCUT2D eigenvalue weighted by atomic mass is 10.1. The Morgan fingerprint density at radius 1 is 1.25 bits per heavy atom. The van der Waals surface area contributed by atoms with Gasteiger partial charge in [0.15, 0.2) is 0 Å². The van der Waals surface area contributed by atoms with Crippen LogP contribution in [0.25, 0.3) is 0 Å². The number of rotatable bonds is 4. The van der Waals surface area contributed by atoms with Crippen LogP contribution in [0.5, 0.6) is 0 Å². The molecule has 0 unspecified atom stereocenters. The SMILES string of the molecule is N#Cc1cc([N+](=O)[O-])ccc1N1CCN(Cc2ccc(Cl)s2)CC1. The molecule has 6 nitrogen and oxygen atoms in total. The van der Waals surface area contributed by atoms with E-state index in [9.17, 15) is 15.4 Å². The van der Waals surface area contributed by atoms with Crippen LogP contribution in [0, 0.1) is 21.4 Å². The average molecular weight is 363 g/mol. The third-order valence-corrected chi connectivity index (χ3v) is 5.25. The molecule has 0 N–H and O–H groups in total. The topological polar surface area (TPSA) is 73.4 Å². The molecule has 1 saturated heterocycles. The monoisotopic (exact) mass is 362 g/mol. The van der Waals surface area contributed by atoms with Crippen LogP contribution in [-0.2, 0) is 6.54 Å². The van der Waals surface area contributed by atoms with E-state index in [0.29, 0.717) is 5.56 Å². The Kier molecular flexibility index (Phi) is 5.00. The number of benzene rings is 1. The van der Waals surface area contributed by atoms with Gasteiger partial charge in [-0.3, -0.25) is 15.0 Å². The summed E-state index contributed by atoms with van der Waals surface area (Å²) in [7, 11) is 0. The normalized spacial score (nSPS) is 15.2. The minimum absolute atomic E-state index is 0.0523. The van der Waals surface area contributed by atoms with Gasteiger partial charge in [0.25, 0.3) is 5.69 Å². The molecule has 1 fully saturated rings. The number of nitro groups is 1. The summed E-state index contributed by atoms with van der Waals surface area (Å²) < 4.78 is 0.799. The van der Waals surface area contributed by atoms with Gasteiger partial charge in [-0.2, -0.15) is 5.26 Å². The summed E-state index contributed by atoms with van der Waals surface area (Å²) in [4.78, 5) is 16.1. The summed E-state index contributed by atoms with van der Waals surface area (Å²) in [6.07, 6.45) is 0. The third-order valence-electron chi connectivity index (χ3n) is 4.03. The highest BCUT2D eigenvalue weighted by atomic mass is 35.5. The number of anilines is 1. The Morgan fingerprint density at radius 2 is 2.00 bits per heavy atom. The van der Waals surface area contributed by atoms with Crippen LogP contribution in [0.1, 0.15) is 10.4 Å². The molecule has 0 spiro atoms. The third kappa shape index (κ3) is 3.67. The highest BCUT2D eigenvalue weighted by Crippen LogP contribution is 2.27. The molecule has 1 aliphatic rings. The maximum absolute atomic E-state index is 10.8. The first-order valence-electron chi connectivity index (χ1n) is 7.47. The molecule has 1 aliphatic heterocycles. The maximum Gasteiger partial charge on any atom is 0.270 e. The zero-order valence-corrected chi connectivity index (χ0v) is 14.4. The number of piperazine rings is 1. The van der Waals surface area contributed by atoms with Crippen molar-refractivity contribution in [2.45, 2.75) is 6.54 Å². The molecule has 124 valence electrons. The van der Waals surface area contributed by atoms with Crippen LogP contribution in [-0.4, -0.2) is 36.0 Å². The van der Waals surface area contributed by atoms with Gasteiger partial charge in [0.1, 0.15) is 6.07 Å². The molecule has 0 saturated carbocycles. The molecule has 0 atom stereocenters. The first-order chi connectivity index (χ1) is 11.6. The van der Waals surface area contributed by atoms with Crippen LogP contribution in [0.15, 0.2) is 30.3 Å². The van der Waals surface area contributed by atoms with Crippen molar-refractivity contribution in [1.29, 1.82) is 5.26 Å². The summed E-state index contributed by atoms with van der Waals surface area (Å²) in [5.74, 6) is 0. The highest BCUT2D eigenvalue weighted by Gasteiger charge is 2.21. The number of halogens is 1. The quantitative estimate of drug-likeness (QED) is 0.614. The number of nitro benzene ring substituents is 1.